The highest BCUT2D eigenvalue weighted by molar-refractivity contribution is 7.93. The van der Waals surface area contributed by atoms with Gasteiger partial charge in [0, 0.05) is 6.54 Å². The minimum absolute atomic E-state index is 0.113. The molecule has 1 aromatic rings. The predicted molar refractivity (Wildman–Crippen MR) is 74.0 cm³/mol. The second kappa shape index (κ2) is 6.37. The lowest BCUT2D eigenvalue weighted by Crippen LogP contribution is -2.44. The molecule has 2 atom stereocenters. The lowest BCUT2D eigenvalue weighted by Gasteiger charge is -2.18. The van der Waals surface area contributed by atoms with Gasteiger partial charge in [0.1, 0.15) is 11.7 Å². The van der Waals surface area contributed by atoms with Crippen molar-refractivity contribution in [2.75, 3.05) is 17.9 Å². The lowest BCUT2D eigenvalue weighted by molar-refractivity contribution is -0.147. The minimum atomic E-state index is -4.01. The van der Waals surface area contributed by atoms with Crippen LogP contribution in [0.3, 0.4) is 0 Å². The SMILES string of the molecule is CCOC(=O)C1CNNC1S(=O)(=O)Nc1ccccc1F. The largest absolute Gasteiger partial charge is 0.466 e. The molecule has 0 amide bonds. The molecule has 0 bridgehead atoms. The molecule has 1 aliphatic heterocycles. The van der Waals surface area contributed by atoms with Crippen LogP contribution >= 0.6 is 0 Å². The smallest absolute Gasteiger partial charge is 0.313 e. The van der Waals surface area contributed by atoms with E-state index in [0.29, 0.717) is 0 Å². The molecule has 3 N–H and O–H groups in total. The highest BCUT2D eigenvalue weighted by Gasteiger charge is 2.42. The molecule has 0 spiro atoms. The summed E-state index contributed by atoms with van der Waals surface area (Å²) in [5.41, 5.74) is 4.93. The lowest BCUT2D eigenvalue weighted by atomic mass is 10.2. The highest BCUT2D eigenvalue weighted by Crippen LogP contribution is 2.20. The normalized spacial score (nSPS) is 22.0. The third-order valence-electron chi connectivity index (χ3n) is 2.98. The monoisotopic (exact) mass is 317 g/mol. The summed E-state index contributed by atoms with van der Waals surface area (Å²) in [6.45, 7) is 1.90. The number of anilines is 1. The molecule has 9 heteroatoms. The van der Waals surface area contributed by atoms with Gasteiger partial charge >= 0.3 is 5.97 Å². The van der Waals surface area contributed by atoms with Gasteiger partial charge in [-0.1, -0.05) is 12.1 Å². The molecule has 0 aliphatic carbocycles. The van der Waals surface area contributed by atoms with Gasteiger partial charge in [0.25, 0.3) is 10.0 Å². The van der Waals surface area contributed by atoms with Crippen molar-refractivity contribution in [2.45, 2.75) is 12.3 Å². The number of hydrogen-bond acceptors (Lipinski definition) is 6. The summed E-state index contributed by atoms with van der Waals surface area (Å²) in [4.78, 5) is 11.8. The fraction of sp³-hybridized carbons (Fsp3) is 0.417. The summed E-state index contributed by atoms with van der Waals surface area (Å²) in [6, 6.07) is 5.39. The zero-order valence-electron chi connectivity index (χ0n) is 11.3. The second-order valence-electron chi connectivity index (χ2n) is 4.43. The molecule has 1 aromatic carbocycles. The van der Waals surface area contributed by atoms with Crippen LogP contribution in [0, 0.1) is 11.7 Å². The van der Waals surface area contributed by atoms with Crippen LogP contribution in [-0.4, -0.2) is 32.9 Å². The van der Waals surface area contributed by atoms with E-state index in [1.54, 1.807) is 6.92 Å². The van der Waals surface area contributed by atoms with Gasteiger partial charge < -0.3 is 4.74 Å². The maximum atomic E-state index is 13.5. The van der Waals surface area contributed by atoms with E-state index in [-0.39, 0.29) is 18.8 Å². The first-order valence-electron chi connectivity index (χ1n) is 6.37. The molecule has 1 heterocycles. The topological polar surface area (TPSA) is 96.5 Å². The summed E-state index contributed by atoms with van der Waals surface area (Å²) in [5.74, 6) is -2.23. The molecular formula is C12H16FN3O4S. The van der Waals surface area contributed by atoms with E-state index < -0.39 is 33.1 Å². The number of benzene rings is 1. The van der Waals surface area contributed by atoms with Crippen LogP contribution in [-0.2, 0) is 19.6 Å². The van der Waals surface area contributed by atoms with E-state index in [1.807, 2.05) is 0 Å². The molecule has 21 heavy (non-hydrogen) atoms. The summed E-state index contributed by atoms with van der Waals surface area (Å²) in [7, 11) is -4.01. The van der Waals surface area contributed by atoms with Crippen molar-refractivity contribution < 1.29 is 22.3 Å². The van der Waals surface area contributed by atoms with Crippen LogP contribution in [0.4, 0.5) is 10.1 Å². The number of esters is 1. The number of rotatable bonds is 5. The Labute approximate surface area is 121 Å². The van der Waals surface area contributed by atoms with Gasteiger partial charge in [-0.3, -0.25) is 14.9 Å². The van der Waals surface area contributed by atoms with Crippen LogP contribution in [0.25, 0.3) is 0 Å². The van der Waals surface area contributed by atoms with Gasteiger partial charge in [-0.05, 0) is 19.1 Å². The van der Waals surface area contributed by atoms with Crippen LogP contribution in [0.1, 0.15) is 6.92 Å². The molecule has 0 aromatic heterocycles. The maximum Gasteiger partial charge on any atom is 0.313 e. The average molecular weight is 317 g/mol. The first-order chi connectivity index (χ1) is 9.95. The van der Waals surface area contributed by atoms with Crippen molar-refractivity contribution in [1.29, 1.82) is 0 Å². The summed E-state index contributed by atoms with van der Waals surface area (Å²) >= 11 is 0. The molecule has 7 nitrogen and oxygen atoms in total. The number of sulfonamides is 1. The number of para-hydroxylation sites is 1. The molecule has 116 valence electrons. The molecule has 1 aliphatic rings. The zero-order valence-corrected chi connectivity index (χ0v) is 12.1. The Morgan fingerprint density at radius 3 is 2.86 bits per heavy atom. The van der Waals surface area contributed by atoms with Gasteiger partial charge in [0.2, 0.25) is 0 Å². The fourth-order valence-corrected chi connectivity index (χ4v) is 3.47. The number of hydrazine groups is 1. The van der Waals surface area contributed by atoms with Gasteiger partial charge in [-0.25, -0.2) is 18.2 Å². The van der Waals surface area contributed by atoms with E-state index in [2.05, 4.69) is 15.6 Å². The predicted octanol–water partition coefficient (Wildman–Crippen LogP) is 0.181. The highest BCUT2D eigenvalue weighted by atomic mass is 32.2. The van der Waals surface area contributed by atoms with Crippen LogP contribution in [0.5, 0.6) is 0 Å². The van der Waals surface area contributed by atoms with Crippen LogP contribution in [0.2, 0.25) is 0 Å². The van der Waals surface area contributed by atoms with E-state index in [0.717, 1.165) is 6.07 Å². The Morgan fingerprint density at radius 1 is 1.48 bits per heavy atom. The summed E-state index contributed by atoms with van der Waals surface area (Å²) in [6.07, 6.45) is 0. The van der Waals surface area contributed by atoms with E-state index in [4.69, 9.17) is 4.74 Å². The number of nitrogens with one attached hydrogen (secondary N) is 3. The van der Waals surface area contributed by atoms with Crippen LogP contribution in [0.15, 0.2) is 24.3 Å². The number of hydrogen-bond donors (Lipinski definition) is 3. The number of carbonyl (C=O) groups excluding carboxylic acids is 1. The molecule has 1 saturated heterocycles. The summed E-state index contributed by atoms with van der Waals surface area (Å²) in [5, 5.41) is -1.24. The van der Waals surface area contributed by atoms with E-state index in [1.165, 1.54) is 18.2 Å². The average Bonchev–Trinajstić information content (AvgIpc) is 2.92. The second-order valence-corrected chi connectivity index (χ2v) is 6.23. The third kappa shape index (κ3) is 3.49. The van der Waals surface area contributed by atoms with Gasteiger partial charge in [0.05, 0.1) is 12.3 Å². The van der Waals surface area contributed by atoms with Crippen molar-refractivity contribution in [1.82, 2.24) is 10.9 Å². The van der Waals surface area contributed by atoms with Gasteiger partial charge in [0.15, 0.2) is 5.37 Å². The molecule has 1 fully saturated rings. The first-order valence-corrected chi connectivity index (χ1v) is 7.91. The van der Waals surface area contributed by atoms with Crippen LogP contribution < -0.4 is 15.6 Å². The van der Waals surface area contributed by atoms with Gasteiger partial charge in [-0.15, -0.1) is 0 Å². The quantitative estimate of drug-likeness (QED) is 0.671. The number of carbonyl (C=O) groups is 1. The molecule has 2 rings (SSSR count). The van der Waals surface area contributed by atoms with Crippen molar-refractivity contribution in [2.24, 2.45) is 5.92 Å². The third-order valence-corrected chi connectivity index (χ3v) is 4.60. The van der Waals surface area contributed by atoms with Crippen molar-refractivity contribution in [3.63, 3.8) is 0 Å². The fourth-order valence-electron chi connectivity index (χ4n) is 1.99. The standard InChI is InChI=1S/C12H16FN3O4S/c1-2-20-12(17)8-7-14-15-11(8)21(18,19)16-10-6-4-3-5-9(10)13/h3-6,8,11,14-16H,2,7H2,1H3. The minimum Gasteiger partial charge on any atom is -0.466 e. The molecule has 2 unspecified atom stereocenters. The Bertz CT molecular complexity index is 623. The maximum absolute atomic E-state index is 13.5. The Kier molecular flexibility index (Phi) is 4.76. The van der Waals surface area contributed by atoms with Crippen molar-refractivity contribution in [3.8, 4) is 0 Å². The zero-order chi connectivity index (χ0) is 15.5. The van der Waals surface area contributed by atoms with Crippen molar-refractivity contribution in [3.05, 3.63) is 30.1 Å². The number of halogens is 1. The van der Waals surface area contributed by atoms with Gasteiger partial charge in [-0.2, -0.15) is 0 Å². The van der Waals surface area contributed by atoms with Crippen molar-refractivity contribution >= 4 is 21.7 Å². The van der Waals surface area contributed by atoms with E-state index >= 15 is 0 Å². The van der Waals surface area contributed by atoms with E-state index in [9.17, 15) is 17.6 Å². The Morgan fingerprint density at radius 2 is 2.19 bits per heavy atom. The molecule has 0 radical (unpaired) electrons. The summed E-state index contributed by atoms with van der Waals surface area (Å²) < 4.78 is 45.1. The Hall–Kier alpha value is -1.71. The molecule has 0 saturated carbocycles. The molecular weight excluding hydrogens is 301 g/mol. The Balaban J connectivity index is 2.19. The first kappa shape index (κ1) is 15.7. The number of ether oxygens (including phenoxy) is 1.